The number of amides is 2. The fourth-order valence-electron chi connectivity index (χ4n) is 2.23. The molecule has 0 aliphatic heterocycles. The fourth-order valence-corrected chi connectivity index (χ4v) is 2.23. The smallest absolute Gasteiger partial charge is 0.276 e. The highest BCUT2D eigenvalue weighted by Gasteiger charge is 2.22. The quantitative estimate of drug-likeness (QED) is 0.912. The Hall–Kier alpha value is -2.70. The lowest BCUT2D eigenvalue weighted by Crippen LogP contribution is -2.24. The average molecular weight is 332 g/mol. The van der Waals surface area contributed by atoms with Gasteiger partial charge in [-0.3, -0.25) is 14.3 Å². The number of halogens is 1. The van der Waals surface area contributed by atoms with Crippen LogP contribution in [0.5, 0.6) is 0 Å². The van der Waals surface area contributed by atoms with Gasteiger partial charge in [-0.25, -0.2) is 4.39 Å². The third-order valence-electron chi connectivity index (χ3n) is 3.76. The highest BCUT2D eigenvalue weighted by atomic mass is 19.1. The number of rotatable bonds is 5. The molecule has 1 heterocycles. The van der Waals surface area contributed by atoms with Crippen LogP contribution < -0.4 is 5.32 Å². The second-order valence-electron chi connectivity index (χ2n) is 5.81. The zero-order chi connectivity index (χ0) is 17.9. The predicted octanol–water partition coefficient (Wildman–Crippen LogP) is 2.14. The van der Waals surface area contributed by atoms with Crippen LogP contribution in [0.4, 0.5) is 10.1 Å². The minimum absolute atomic E-state index is 0.218. The molecule has 6 nitrogen and oxygen atoms in total. The van der Waals surface area contributed by atoms with E-state index in [9.17, 15) is 14.0 Å². The molecule has 24 heavy (non-hydrogen) atoms. The van der Waals surface area contributed by atoms with Crippen LogP contribution in [0.3, 0.4) is 0 Å². The van der Waals surface area contributed by atoms with E-state index in [0.717, 1.165) is 5.56 Å². The van der Waals surface area contributed by atoms with Crippen LogP contribution in [0, 0.1) is 12.7 Å². The summed E-state index contributed by atoms with van der Waals surface area (Å²) in [5.41, 5.74) is 2.23. The summed E-state index contributed by atoms with van der Waals surface area (Å²) in [7, 11) is 4.98. The van der Waals surface area contributed by atoms with Gasteiger partial charge in [0.2, 0.25) is 5.91 Å². The van der Waals surface area contributed by atoms with Gasteiger partial charge in [-0.2, -0.15) is 5.10 Å². The topological polar surface area (TPSA) is 67.2 Å². The van der Waals surface area contributed by atoms with Gasteiger partial charge in [0.15, 0.2) is 5.69 Å². The van der Waals surface area contributed by atoms with Crippen molar-refractivity contribution < 1.29 is 14.0 Å². The van der Waals surface area contributed by atoms with E-state index in [1.807, 2.05) is 0 Å². The SMILES string of the molecule is Cc1c(NC(=O)CCc2ccc(F)cc2)c(C(=O)N(C)C)nn1C. The molecule has 2 rings (SSSR count). The van der Waals surface area contributed by atoms with Crippen LogP contribution >= 0.6 is 0 Å². The summed E-state index contributed by atoms with van der Waals surface area (Å²) in [6, 6.07) is 6.04. The zero-order valence-electron chi connectivity index (χ0n) is 14.3. The Balaban J connectivity index is 2.08. The number of hydrogen-bond acceptors (Lipinski definition) is 3. The largest absolute Gasteiger partial charge is 0.343 e. The molecular weight excluding hydrogens is 311 g/mol. The first-order valence-electron chi connectivity index (χ1n) is 7.59. The Labute approximate surface area is 140 Å². The molecule has 0 unspecified atom stereocenters. The number of carbonyl (C=O) groups is 2. The lowest BCUT2D eigenvalue weighted by atomic mass is 10.1. The predicted molar refractivity (Wildman–Crippen MR) is 89.3 cm³/mol. The van der Waals surface area contributed by atoms with Gasteiger partial charge in [-0.15, -0.1) is 0 Å². The lowest BCUT2D eigenvalue weighted by Gasteiger charge is -2.11. The number of nitrogens with one attached hydrogen (secondary N) is 1. The number of anilines is 1. The number of nitrogens with zero attached hydrogens (tertiary/aromatic N) is 3. The first-order chi connectivity index (χ1) is 11.3. The molecule has 0 bridgehead atoms. The van der Waals surface area contributed by atoms with Gasteiger partial charge in [0, 0.05) is 27.6 Å². The maximum atomic E-state index is 12.9. The summed E-state index contributed by atoms with van der Waals surface area (Å²) in [5.74, 6) is -0.795. The Kier molecular flexibility index (Phi) is 5.33. The molecule has 2 aromatic rings. The molecule has 1 aromatic carbocycles. The Morgan fingerprint density at radius 1 is 1.25 bits per heavy atom. The molecule has 0 radical (unpaired) electrons. The molecule has 128 valence electrons. The third kappa shape index (κ3) is 3.98. The highest BCUT2D eigenvalue weighted by Crippen LogP contribution is 2.21. The summed E-state index contributed by atoms with van der Waals surface area (Å²) in [6.07, 6.45) is 0.720. The molecule has 0 aliphatic rings. The first-order valence-corrected chi connectivity index (χ1v) is 7.59. The monoisotopic (exact) mass is 332 g/mol. The Bertz CT molecular complexity index is 751. The molecule has 1 N–H and O–H groups in total. The zero-order valence-corrected chi connectivity index (χ0v) is 14.3. The van der Waals surface area contributed by atoms with Crippen LogP contribution in [0.1, 0.15) is 28.2 Å². The van der Waals surface area contributed by atoms with E-state index in [1.165, 1.54) is 17.0 Å². The number of aromatic nitrogens is 2. The van der Waals surface area contributed by atoms with Gasteiger partial charge in [0.25, 0.3) is 5.91 Å². The van der Waals surface area contributed by atoms with E-state index in [1.54, 1.807) is 44.9 Å². The van der Waals surface area contributed by atoms with Crippen molar-refractivity contribution in [1.82, 2.24) is 14.7 Å². The molecule has 0 saturated heterocycles. The van der Waals surface area contributed by atoms with Crippen LogP contribution in [0.15, 0.2) is 24.3 Å². The Morgan fingerprint density at radius 2 is 1.88 bits per heavy atom. The molecule has 1 aromatic heterocycles. The second kappa shape index (κ2) is 7.25. The van der Waals surface area contributed by atoms with Crippen molar-refractivity contribution in [2.24, 2.45) is 7.05 Å². The van der Waals surface area contributed by atoms with Gasteiger partial charge in [0.05, 0.1) is 11.4 Å². The van der Waals surface area contributed by atoms with Crippen molar-refractivity contribution in [3.8, 4) is 0 Å². The summed E-state index contributed by atoms with van der Waals surface area (Å²) in [4.78, 5) is 25.8. The first kappa shape index (κ1) is 17.7. The van der Waals surface area contributed by atoms with E-state index in [4.69, 9.17) is 0 Å². The molecular formula is C17H21FN4O2. The molecule has 0 saturated carbocycles. The number of benzene rings is 1. The standard InChI is InChI=1S/C17H21FN4O2/c1-11-15(16(20-22(11)4)17(24)21(2)3)19-14(23)10-7-12-5-8-13(18)9-6-12/h5-6,8-9H,7,10H2,1-4H3,(H,19,23). The van der Waals surface area contributed by atoms with Crippen molar-refractivity contribution in [3.05, 3.63) is 47.0 Å². The summed E-state index contributed by atoms with van der Waals surface area (Å²) < 4.78 is 14.4. The van der Waals surface area contributed by atoms with E-state index in [-0.39, 0.29) is 29.7 Å². The normalized spacial score (nSPS) is 10.5. The minimum Gasteiger partial charge on any atom is -0.343 e. The summed E-state index contributed by atoms with van der Waals surface area (Å²) in [5, 5.41) is 6.95. The third-order valence-corrected chi connectivity index (χ3v) is 3.76. The maximum Gasteiger partial charge on any atom is 0.276 e. The van der Waals surface area contributed by atoms with Crippen molar-refractivity contribution in [2.75, 3.05) is 19.4 Å². The minimum atomic E-state index is -0.305. The Morgan fingerprint density at radius 3 is 2.46 bits per heavy atom. The molecule has 0 atom stereocenters. The van der Waals surface area contributed by atoms with Gasteiger partial charge in [-0.05, 0) is 31.0 Å². The van der Waals surface area contributed by atoms with Gasteiger partial charge in [0.1, 0.15) is 5.82 Å². The molecule has 0 spiro atoms. The van der Waals surface area contributed by atoms with Crippen molar-refractivity contribution in [2.45, 2.75) is 19.8 Å². The summed E-state index contributed by atoms with van der Waals surface area (Å²) >= 11 is 0. The van der Waals surface area contributed by atoms with Gasteiger partial charge < -0.3 is 10.2 Å². The van der Waals surface area contributed by atoms with Crippen LogP contribution in [0.25, 0.3) is 0 Å². The van der Waals surface area contributed by atoms with Crippen molar-refractivity contribution in [3.63, 3.8) is 0 Å². The van der Waals surface area contributed by atoms with Crippen molar-refractivity contribution >= 4 is 17.5 Å². The van der Waals surface area contributed by atoms with E-state index >= 15 is 0 Å². The average Bonchev–Trinajstić information content (AvgIpc) is 2.81. The molecule has 0 aliphatic carbocycles. The van der Waals surface area contributed by atoms with Gasteiger partial charge in [-0.1, -0.05) is 12.1 Å². The molecule has 0 fully saturated rings. The maximum absolute atomic E-state index is 12.9. The number of aryl methyl sites for hydroxylation is 2. The fraction of sp³-hybridized carbons (Fsp3) is 0.353. The van der Waals surface area contributed by atoms with Gasteiger partial charge >= 0.3 is 0 Å². The molecule has 7 heteroatoms. The van der Waals surface area contributed by atoms with E-state index in [2.05, 4.69) is 10.4 Å². The summed E-state index contributed by atoms with van der Waals surface area (Å²) in [6.45, 7) is 1.79. The highest BCUT2D eigenvalue weighted by molar-refractivity contribution is 6.02. The van der Waals surface area contributed by atoms with E-state index in [0.29, 0.717) is 17.8 Å². The molecule has 2 amide bonds. The van der Waals surface area contributed by atoms with Crippen LogP contribution in [-0.4, -0.2) is 40.6 Å². The van der Waals surface area contributed by atoms with Crippen molar-refractivity contribution in [1.29, 1.82) is 0 Å². The van der Waals surface area contributed by atoms with E-state index < -0.39 is 0 Å². The lowest BCUT2D eigenvalue weighted by molar-refractivity contribution is -0.116. The second-order valence-corrected chi connectivity index (χ2v) is 5.81. The number of carbonyl (C=O) groups excluding carboxylic acids is 2. The number of hydrogen-bond donors (Lipinski definition) is 1. The van der Waals surface area contributed by atoms with Crippen LogP contribution in [0.2, 0.25) is 0 Å². The van der Waals surface area contributed by atoms with Crippen LogP contribution in [-0.2, 0) is 18.3 Å².